The zero-order chi connectivity index (χ0) is 12.8. The molecule has 0 amide bonds. The standard InChI is InChI=1S/C14H19N3S/c1-10-4-3-5-12(6-10)17-13(15)16-8-14(17)7-11(2)18-9-14/h3-6,11H,7-9H2,1-2H3,(H2,15,16). The number of nitrogens with zero attached hydrogens (tertiary/aromatic N) is 2. The van der Waals surface area contributed by atoms with Crippen molar-refractivity contribution in [2.75, 3.05) is 17.2 Å². The van der Waals surface area contributed by atoms with Gasteiger partial charge in [-0.25, -0.2) is 0 Å². The second-order valence-electron chi connectivity index (χ2n) is 5.40. The van der Waals surface area contributed by atoms with Gasteiger partial charge in [-0.1, -0.05) is 19.1 Å². The molecular formula is C14H19N3S. The maximum absolute atomic E-state index is 6.13. The van der Waals surface area contributed by atoms with E-state index in [4.69, 9.17) is 5.73 Å². The third-order valence-corrected chi connectivity index (χ3v) is 5.24. The lowest BCUT2D eigenvalue weighted by molar-refractivity contribution is 0.493. The van der Waals surface area contributed by atoms with Crippen LogP contribution >= 0.6 is 11.8 Å². The van der Waals surface area contributed by atoms with Crippen molar-refractivity contribution in [2.24, 2.45) is 10.7 Å². The Kier molecular flexibility index (Phi) is 2.77. The predicted molar refractivity (Wildman–Crippen MR) is 79.4 cm³/mol. The van der Waals surface area contributed by atoms with Crippen LogP contribution in [0.15, 0.2) is 29.3 Å². The molecule has 2 unspecified atom stereocenters. The molecule has 1 spiro atoms. The van der Waals surface area contributed by atoms with Crippen LogP contribution in [0.25, 0.3) is 0 Å². The Morgan fingerprint density at radius 3 is 3.00 bits per heavy atom. The summed E-state index contributed by atoms with van der Waals surface area (Å²) in [4.78, 5) is 6.76. The van der Waals surface area contributed by atoms with Crippen LogP contribution < -0.4 is 10.6 Å². The van der Waals surface area contributed by atoms with E-state index in [1.807, 2.05) is 11.8 Å². The van der Waals surface area contributed by atoms with E-state index in [9.17, 15) is 0 Å². The van der Waals surface area contributed by atoms with Crippen molar-refractivity contribution in [3.8, 4) is 0 Å². The second kappa shape index (κ2) is 4.19. The Labute approximate surface area is 112 Å². The second-order valence-corrected chi connectivity index (χ2v) is 6.83. The summed E-state index contributed by atoms with van der Waals surface area (Å²) in [5.74, 6) is 1.79. The molecule has 0 radical (unpaired) electrons. The number of hydrogen-bond donors (Lipinski definition) is 1. The van der Waals surface area contributed by atoms with Crippen LogP contribution in [0.3, 0.4) is 0 Å². The fourth-order valence-corrected chi connectivity index (χ4v) is 4.36. The highest BCUT2D eigenvalue weighted by Crippen LogP contribution is 2.43. The molecule has 0 aromatic heterocycles. The van der Waals surface area contributed by atoms with Crippen LogP contribution in [0.5, 0.6) is 0 Å². The first-order valence-electron chi connectivity index (χ1n) is 6.39. The zero-order valence-electron chi connectivity index (χ0n) is 10.9. The molecule has 0 saturated carbocycles. The number of nitrogens with two attached hydrogens (primary N) is 1. The molecule has 1 aromatic carbocycles. The normalized spacial score (nSPS) is 31.1. The highest BCUT2D eigenvalue weighted by Gasteiger charge is 2.47. The van der Waals surface area contributed by atoms with Crippen LogP contribution in [0.4, 0.5) is 5.69 Å². The van der Waals surface area contributed by atoms with Crippen molar-refractivity contribution in [3.63, 3.8) is 0 Å². The topological polar surface area (TPSA) is 41.6 Å². The first kappa shape index (κ1) is 11.9. The summed E-state index contributed by atoms with van der Waals surface area (Å²) in [6.07, 6.45) is 1.16. The lowest BCUT2D eigenvalue weighted by atomic mass is 9.94. The smallest absolute Gasteiger partial charge is 0.196 e. The van der Waals surface area contributed by atoms with E-state index in [1.54, 1.807) is 0 Å². The molecule has 0 bridgehead atoms. The summed E-state index contributed by atoms with van der Waals surface area (Å²) in [7, 11) is 0. The van der Waals surface area contributed by atoms with Crippen molar-refractivity contribution in [2.45, 2.75) is 31.1 Å². The summed E-state index contributed by atoms with van der Waals surface area (Å²) in [6.45, 7) is 5.25. The van der Waals surface area contributed by atoms with Crippen molar-refractivity contribution in [1.29, 1.82) is 0 Å². The first-order valence-corrected chi connectivity index (χ1v) is 7.44. The molecule has 1 saturated heterocycles. The largest absolute Gasteiger partial charge is 0.369 e. The summed E-state index contributed by atoms with van der Waals surface area (Å²) in [6, 6.07) is 8.54. The Morgan fingerprint density at radius 1 is 1.50 bits per heavy atom. The summed E-state index contributed by atoms with van der Waals surface area (Å²) >= 11 is 2.03. The number of aliphatic imine (C=N–C) groups is 1. The van der Waals surface area contributed by atoms with Gasteiger partial charge in [-0.15, -0.1) is 0 Å². The highest BCUT2D eigenvalue weighted by atomic mass is 32.2. The first-order chi connectivity index (χ1) is 8.61. The molecule has 2 aliphatic rings. The van der Waals surface area contributed by atoms with E-state index in [0.717, 1.165) is 18.7 Å². The zero-order valence-corrected chi connectivity index (χ0v) is 11.7. The Hall–Kier alpha value is -1.16. The molecule has 18 heavy (non-hydrogen) atoms. The number of anilines is 1. The van der Waals surface area contributed by atoms with E-state index in [2.05, 4.69) is 48.0 Å². The number of thioether (sulfide) groups is 1. The van der Waals surface area contributed by atoms with E-state index in [1.165, 1.54) is 11.3 Å². The van der Waals surface area contributed by atoms with Gasteiger partial charge in [0.25, 0.3) is 0 Å². The maximum atomic E-state index is 6.13. The van der Waals surface area contributed by atoms with Crippen LogP contribution in [0.2, 0.25) is 0 Å². The van der Waals surface area contributed by atoms with Crippen LogP contribution in [-0.4, -0.2) is 29.0 Å². The van der Waals surface area contributed by atoms with Gasteiger partial charge in [0, 0.05) is 16.7 Å². The average molecular weight is 261 g/mol. The molecule has 2 heterocycles. The Morgan fingerprint density at radius 2 is 2.33 bits per heavy atom. The molecular weight excluding hydrogens is 242 g/mol. The molecule has 2 N–H and O–H groups in total. The van der Waals surface area contributed by atoms with E-state index in [-0.39, 0.29) is 5.54 Å². The lowest BCUT2D eigenvalue weighted by Crippen LogP contribution is -2.52. The Bertz CT molecular complexity index is 500. The quantitative estimate of drug-likeness (QED) is 0.844. The fraction of sp³-hybridized carbons (Fsp3) is 0.500. The lowest BCUT2D eigenvalue weighted by Gasteiger charge is -2.35. The van der Waals surface area contributed by atoms with E-state index in [0.29, 0.717) is 11.2 Å². The van der Waals surface area contributed by atoms with E-state index >= 15 is 0 Å². The van der Waals surface area contributed by atoms with Gasteiger partial charge in [0.2, 0.25) is 0 Å². The predicted octanol–water partition coefficient (Wildman–Crippen LogP) is 2.39. The number of aryl methyl sites for hydroxylation is 1. The van der Waals surface area contributed by atoms with Gasteiger partial charge in [0.15, 0.2) is 5.96 Å². The van der Waals surface area contributed by atoms with Crippen molar-refractivity contribution in [3.05, 3.63) is 29.8 Å². The van der Waals surface area contributed by atoms with Crippen molar-refractivity contribution < 1.29 is 0 Å². The van der Waals surface area contributed by atoms with Gasteiger partial charge in [-0.2, -0.15) is 11.8 Å². The van der Waals surface area contributed by atoms with Crippen molar-refractivity contribution in [1.82, 2.24) is 0 Å². The molecule has 1 fully saturated rings. The molecule has 2 aliphatic heterocycles. The third-order valence-electron chi connectivity index (χ3n) is 3.80. The Balaban J connectivity index is 2.00. The summed E-state index contributed by atoms with van der Waals surface area (Å²) in [5, 5.41) is 0.693. The molecule has 0 aliphatic carbocycles. The van der Waals surface area contributed by atoms with Crippen LogP contribution in [0.1, 0.15) is 18.9 Å². The molecule has 3 rings (SSSR count). The van der Waals surface area contributed by atoms with Crippen LogP contribution in [0, 0.1) is 6.92 Å². The minimum Gasteiger partial charge on any atom is -0.369 e. The molecule has 96 valence electrons. The maximum Gasteiger partial charge on any atom is 0.196 e. The van der Waals surface area contributed by atoms with Gasteiger partial charge in [0.05, 0.1) is 12.1 Å². The highest BCUT2D eigenvalue weighted by molar-refractivity contribution is 8.00. The van der Waals surface area contributed by atoms with Gasteiger partial charge in [0.1, 0.15) is 0 Å². The fourth-order valence-electron chi connectivity index (χ4n) is 3.00. The number of rotatable bonds is 1. The van der Waals surface area contributed by atoms with Crippen LogP contribution in [-0.2, 0) is 0 Å². The molecule has 2 atom stereocenters. The third kappa shape index (κ3) is 1.79. The van der Waals surface area contributed by atoms with Crippen molar-refractivity contribution >= 4 is 23.4 Å². The molecule has 1 aromatic rings. The monoisotopic (exact) mass is 261 g/mol. The number of hydrogen-bond acceptors (Lipinski definition) is 4. The minimum absolute atomic E-state index is 0.113. The van der Waals surface area contributed by atoms with Gasteiger partial charge in [-0.05, 0) is 31.0 Å². The molecule has 3 nitrogen and oxygen atoms in total. The van der Waals surface area contributed by atoms with Gasteiger partial charge in [-0.3, -0.25) is 4.99 Å². The summed E-state index contributed by atoms with van der Waals surface area (Å²) < 4.78 is 0. The minimum atomic E-state index is 0.113. The summed E-state index contributed by atoms with van der Waals surface area (Å²) in [5.41, 5.74) is 8.69. The van der Waals surface area contributed by atoms with E-state index < -0.39 is 0 Å². The van der Waals surface area contributed by atoms with Gasteiger partial charge >= 0.3 is 0 Å². The average Bonchev–Trinajstić information content (AvgIpc) is 2.84. The number of benzene rings is 1. The SMILES string of the molecule is Cc1cccc(N2C(N)=NCC23CSC(C)C3)c1. The van der Waals surface area contributed by atoms with Gasteiger partial charge < -0.3 is 10.6 Å². The number of guanidine groups is 1. The molecule has 4 heteroatoms.